The van der Waals surface area contributed by atoms with Crippen LogP contribution in [0.4, 0.5) is 0 Å². The van der Waals surface area contributed by atoms with E-state index < -0.39 is 0 Å². The van der Waals surface area contributed by atoms with Gasteiger partial charge < -0.3 is 15.0 Å². The van der Waals surface area contributed by atoms with Gasteiger partial charge in [-0.05, 0) is 38.3 Å². The Morgan fingerprint density at radius 3 is 3.00 bits per heavy atom. The van der Waals surface area contributed by atoms with E-state index in [1.165, 1.54) is 0 Å². The lowest BCUT2D eigenvalue weighted by atomic mass is 9.97. The molecule has 2 aromatic rings. The molecule has 114 valence electrons. The highest BCUT2D eigenvalue weighted by Gasteiger charge is 2.22. The summed E-state index contributed by atoms with van der Waals surface area (Å²) in [5.74, 6) is 1.15. The molecular formula is C15H21N3O2S. The summed E-state index contributed by atoms with van der Waals surface area (Å²) in [5, 5.41) is 4.05. The summed E-state index contributed by atoms with van der Waals surface area (Å²) < 4.78 is 5.93. The molecular weight excluding hydrogens is 286 g/mol. The molecule has 0 aliphatic carbocycles. The highest BCUT2D eigenvalue weighted by molar-refractivity contribution is 7.18. The Bertz CT molecular complexity index is 707. The maximum absolute atomic E-state index is 12.2. The standard InChI is InChI=1S/C15H21N3O2S/c1-8-4-5-16-6-11(8)20-7-12-17-14(19)13-9(2)10(3)21-15(13)18-12/h8,11,16H,4-7H2,1-3H3,(H,17,18,19). The molecule has 2 atom stereocenters. The molecule has 1 aliphatic rings. The number of thiophene rings is 1. The van der Waals surface area contributed by atoms with Crippen molar-refractivity contribution >= 4 is 21.6 Å². The van der Waals surface area contributed by atoms with Gasteiger partial charge in [-0.1, -0.05) is 6.92 Å². The highest BCUT2D eigenvalue weighted by atomic mass is 32.1. The Kier molecular flexibility index (Phi) is 4.10. The topological polar surface area (TPSA) is 67.0 Å². The van der Waals surface area contributed by atoms with Gasteiger partial charge in [0.15, 0.2) is 0 Å². The number of rotatable bonds is 3. The molecule has 5 nitrogen and oxygen atoms in total. The van der Waals surface area contributed by atoms with Crippen LogP contribution in [0.5, 0.6) is 0 Å². The molecule has 0 spiro atoms. The van der Waals surface area contributed by atoms with Crippen molar-refractivity contribution in [2.75, 3.05) is 13.1 Å². The Labute approximate surface area is 127 Å². The molecule has 0 radical (unpaired) electrons. The van der Waals surface area contributed by atoms with Crippen molar-refractivity contribution in [3.05, 3.63) is 26.6 Å². The number of hydrogen-bond acceptors (Lipinski definition) is 5. The molecule has 2 aromatic heterocycles. The number of piperidine rings is 1. The number of aromatic amines is 1. The zero-order valence-electron chi connectivity index (χ0n) is 12.7. The molecule has 0 amide bonds. The Hall–Kier alpha value is -1.24. The summed E-state index contributed by atoms with van der Waals surface area (Å²) in [5.41, 5.74) is 0.969. The molecule has 2 N–H and O–H groups in total. The second-order valence-electron chi connectivity index (χ2n) is 5.80. The minimum absolute atomic E-state index is 0.0599. The van der Waals surface area contributed by atoms with Crippen molar-refractivity contribution in [1.82, 2.24) is 15.3 Å². The third-order valence-corrected chi connectivity index (χ3v) is 5.38. The minimum atomic E-state index is -0.0599. The van der Waals surface area contributed by atoms with Gasteiger partial charge in [0.25, 0.3) is 5.56 Å². The van der Waals surface area contributed by atoms with E-state index in [2.05, 4.69) is 22.2 Å². The third-order valence-electron chi connectivity index (χ3n) is 4.28. The second-order valence-corrected chi connectivity index (χ2v) is 7.00. The molecule has 1 saturated heterocycles. The lowest BCUT2D eigenvalue weighted by molar-refractivity contribution is -0.00940. The number of aryl methyl sites for hydroxylation is 2. The van der Waals surface area contributed by atoms with Crippen LogP contribution in [0.15, 0.2) is 4.79 Å². The molecule has 3 rings (SSSR count). The molecule has 0 saturated carbocycles. The average Bonchev–Trinajstić information content (AvgIpc) is 2.73. The summed E-state index contributed by atoms with van der Waals surface area (Å²) in [6, 6.07) is 0. The van der Waals surface area contributed by atoms with Gasteiger partial charge in [-0.25, -0.2) is 4.98 Å². The van der Waals surface area contributed by atoms with Gasteiger partial charge in [-0.15, -0.1) is 11.3 Å². The minimum Gasteiger partial charge on any atom is -0.369 e. The van der Waals surface area contributed by atoms with Crippen LogP contribution in [-0.2, 0) is 11.3 Å². The molecule has 0 bridgehead atoms. The number of nitrogens with zero attached hydrogens (tertiary/aromatic N) is 1. The van der Waals surface area contributed by atoms with Gasteiger partial charge in [0.2, 0.25) is 0 Å². The lowest BCUT2D eigenvalue weighted by Crippen LogP contribution is -2.41. The fraction of sp³-hybridized carbons (Fsp3) is 0.600. The first-order chi connectivity index (χ1) is 10.1. The van der Waals surface area contributed by atoms with E-state index in [9.17, 15) is 4.79 Å². The van der Waals surface area contributed by atoms with Crippen LogP contribution in [0, 0.1) is 19.8 Å². The van der Waals surface area contributed by atoms with E-state index in [4.69, 9.17) is 4.74 Å². The molecule has 6 heteroatoms. The normalized spacial score (nSPS) is 22.8. The quantitative estimate of drug-likeness (QED) is 0.911. The molecule has 21 heavy (non-hydrogen) atoms. The second kappa shape index (κ2) is 5.87. The van der Waals surface area contributed by atoms with E-state index in [0.717, 1.165) is 34.8 Å². The smallest absolute Gasteiger partial charge is 0.259 e. The summed E-state index contributed by atoms with van der Waals surface area (Å²) in [6.07, 6.45) is 1.31. The number of hydrogen-bond donors (Lipinski definition) is 2. The van der Waals surface area contributed by atoms with Gasteiger partial charge in [0.1, 0.15) is 17.3 Å². The van der Waals surface area contributed by atoms with Crippen LogP contribution < -0.4 is 10.9 Å². The zero-order chi connectivity index (χ0) is 15.0. The third kappa shape index (κ3) is 2.88. The number of nitrogens with one attached hydrogen (secondary N) is 2. The molecule has 3 heterocycles. The SMILES string of the molecule is Cc1sc2nc(COC3CNCCC3C)[nH]c(=O)c2c1C. The summed E-state index contributed by atoms with van der Waals surface area (Å²) in [6.45, 7) is 8.47. The van der Waals surface area contributed by atoms with Crippen molar-refractivity contribution in [3.8, 4) is 0 Å². The van der Waals surface area contributed by atoms with E-state index in [1.54, 1.807) is 11.3 Å². The maximum atomic E-state index is 12.2. The number of fused-ring (bicyclic) bond motifs is 1. The Morgan fingerprint density at radius 2 is 2.24 bits per heavy atom. The first-order valence-electron chi connectivity index (χ1n) is 7.37. The fourth-order valence-electron chi connectivity index (χ4n) is 2.74. The van der Waals surface area contributed by atoms with Crippen LogP contribution in [0.1, 0.15) is 29.6 Å². The van der Waals surface area contributed by atoms with Crippen molar-refractivity contribution < 1.29 is 4.74 Å². The first-order valence-corrected chi connectivity index (χ1v) is 8.19. The van der Waals surface area contributed by atoms with Crippen molar-refractivity contribution in [1.29, 1.82) is 0 Å². The van der Waals surface area contributed by atoms with Crippen molar-refractivity contribution in [2.45, 2.75) is 39.9 Å². The first kappa shape index (κ1) is 14.7. The van der Waals surface area contributed by atoms with Crippen LogP contribution in [0.2, 0.25) is 0 Å². The van der Waals surface area contributed by atoms with Crippen LogP contribution in [0.25, 0.3) is 10.2 Å². The van der Waals surface area contributed by atoms with Crippen LogP contribution in [0.3, 0.4) is 0 Å². The lowest BCUT2D eigenvalue weighted by Gasteiger charge is -2.29. The van der Waals surface area contributed by atoms with Gasteiger partial charge in [0.05, 0.1) is 11.5 Å². The highest BCUT2D eigenvalue weighted by Crippen LogP contribution is 2.25. The Balaban J connectivity index is 1.80. The largest absolute Gasteiger partial charge is 0.369 e. The summed E-state index contributed by atoms with van der Waals surface area (Å²) in [4.78, 5) is 21.5. The summed E-state index contributed by atoms with van der Waals surface area (Å²) in [7, 11) is 0. The van der Waals surface area contributed by atoms with Crippen molar-refractivity contribution in [2.24, 2.45) is 5.92 Å². The van der Waals surface area contributed by atoms with Gasteiger partial charge in [-0.2, -0.15) is 0 Å². The zero-order valence-corrected chi connectivity index (χ0v) is 13.5. The van der Waals surface area contributed by atoms with E-state index >= 15 is 0 Å². The predicted molar refractivity (Wildman–Crippen MR) is 84.9 cm³/mol. The van der Waals surface area contributed by atoms with Gasteiger partial charge in [-0.3, -0.25) is 4.79 Å². The number of ether oxygens (including phenoxy) is 1. The monoisotopic (exact) mass is 307 g/mol. The van der Waals surface area contributed by atoms with E-state index in [1.807, 2.05) is 13.8 Å². The molecule has 1 aliphatic heterocycles. The Morgan fingerprint density at radius 1 is 1.43 bits per heavy atom. The molecule has 2 unspecified atom stereocenters. The fourth-order valence-corrected chi connectivity index (χ4v) is 3.79. The molecule has 1 fully saturated rings. The van der Waals surface area contributed by atoms with E-state index in [-0.39, 0.29) is 11.7 Å². The summed E-state index contributed by atoms with van der Waals surface area (Å²) >= 11 is 1.57. The molecule has 0 aromatic carbocycles. The predicted octanol–water partition coefficient (Wildman–Crippen LogP) is 2.12. The van der Waals surface area contributed by atoms with Crippen LogP contribution >= 0.6 is 11.3 Å². The van der Waals surface area contributed by atoms with Gasteiger partial charge in [0, 0.05) is 11.4 Å². The maximum Gasteiger partial charge on any atom is 0.259 e. The van der Waals surface area contributed by atoms with Gasteiger partial charge >= 0.3 is 0 Å². The van der Waals surface area contributed by atoms with Crippen LogP contribution in [-0.4, -0.2) is 29.2 Å². The average molecular weight is 307 g/mol. The number of aromatic nitrogens is 2. The van der Waals surface area contributed by atoms with Crippen molar-refractivity contribution in [3.63, 3.8) is 0 Å². The van der Waals surface area contributed by atoms with E-state index in [0.29, 0.717) is 23.7 Å². The number of H-pyrrole nitrogens is 1.